The van der Waals surface area contributed by atoms with Gasteiger partial charge in [0.1, 0.15) is 12.4 Å². The van der Waals surface area contributed by atoms with Crippen LogP contribution in [0.25, 0.3) is 11.0 Å². The smallest absolute Gasteiger partial charge is 0.229 e. The van der Waals surface area contributed by atoms with E-state index in [0.717, 1.165) is 22.5 Å². The van der Waals surface area contributed by atoms with Crippen LogP contribution in [0.15, 0.2) is 48.5 Å². The molecule has 138 valence electrons. The second-order valence-electron chi connectivity index (χ2n) is 6.58. The predicted octanol–water partition coefficient (Wildman–Crippen LogP) is 2.70. The minimum atomic E-state index is -0.376. The molecule has 0 radical (unpaired) electrons. The molecule has 7 heteroatoms. The van der Waals surface area contributed by atoms with Gasteiger partial charge in [-0.25, -0.2) is 4.98 Å². The largest absolute Gasteiger partial charge is 0.377 e. The molecule has 3 aromatic rings. The van der Waals surface area contributed by atoms with E-state index in [4.69, 9.17) is 4.74 Å². The number of hydrogen-bond donors (Lipinski definition) is 2. The van der Waals surface area contributed by atoms with E-state index >= 15 is 0 Å². The first-order valence-electron chi connectivity index (χ1n) is 8.78. The average Bonchev–Trinajstić information content (AvgIpc) is 3.25. The summed E-state index contributed by atoms with van der Waals surface area (Å²) >= 11 is 0. The van der Waals surface area contributed by atoms with Crippen LogP contribution in [0.5, 0.6) is 0 Å². The molecule has 1 atom stereocenters. The van der Waals surface area contributed by atoms with Crippen LogP contribution in [-0.2, 0) is 20.9 Å². The van der Waals surface area contributed by atoms with Gasteiger partial charge in [-0.3, -0.25) is 9.59 Å². The normalized spacial score (nSPS) is 16.9. The van der Waals surface area contributed by atoms with Gasteiger partial charge in [0.15, 0.2) is 0 Å². The number of fused-ring (bicyclic) bond motifs is 1. The molecule has 7 nitrogen and oxygen atoms in total. The first kappa shape index (κ1) is 17.2. The Kier molecular flexibility index (Phi) is 4.60. The molecule has 1 aliphatic heterocycles. The maximum Gasteiger partial charge on any atom is 0.229 e. The van der Waals surface area contributed by atoms with Gasteiger partial charge in [0.25, 0.3) is 0 Å². The number of hydrogen-bond acceptors (Lipinski definition) is 4. The maximum atomic E-state index is 12.6. The van der Waals surface area contributed by atoms with Crippen LogP contribution in [-0.4, -0.2) is 35.4 Å². The van der Waals surface area contributed by atoms with Crippen LogP contribution in [0, 0.1) is 5.92 Å². The van der Waals surface area contributed by atoms with E-state index in [9.17, 15) is 9.59 Å². The summed E-state index contributed by atoms with van der Waals surface area (Å²) < 4.78 is 5.08. The molecule has 2 amide bonds. The highest BCUT2D eigenvalue weighted by atomic mass is 16.5. The molecule has 0 spiro atoms. The Labute approximate surface area is 156 Å². The van der Waals surface area contributed by atoms with Gasteiger partial charge in [-0.1, -0.05) is 18.2 Å². The van der Waals surface area contributed by atoms with E-state index < -0.39 is 0 Å². The van der Waals surface area contributed by atoms with Crippen molar-refractivity contribution >= 4 is 34.2 Å². The number of carbonyl (C=O) groups is 2. The number of anilines is 2. The van der Waals surface area contributed by atoms with Crippen molar-refractivity contribution in [2.75, 3.05) is 23.9 Å². The number of aromatic amines is 1. The highest BCUT2D eigenvalue weighted by Crippen LogP contribution is 2.26. The number of rotatable bonds is 5. The van der Waals surface area contributed by atoms with E-state index in [1.807, 2.05) is 48.5 Å². The van der Waals surface area contributed by atoms with Gasteiger partial charge in [-0.05, 0) is 30.3 Å². The summed E-state index contributed by atoms with van der Waals surface area (Å²) in [7, 11) is 1.61. The van der Waals surface area contributed by atoms with E-state index in [0.29, 0.717) is 18.8 Å². The molecule has 2 aromatic carbocycles. The van der Waals surface area contributed by atoms with Crippen LogP contribution in [0.3, 0.4) is 0 Å². The molecule has 1 aliphatic rings. The van der Waals surface area contributed by atoms with E-state index in [2.05, 4.69) is 15.3 Å². The minimum Gasteiger partial charge on any atom is -0.377 e. The zero-order valence-corrected chi connectivity index (χ0v) is 14.9. The standard InChI is InChI=1S/C20H20N4O3/c1-27-12-18-22-16-8-7-14(10-17(16)23-18)21-20(26)13-9-19(25)24(11-13)15-5-3-2-4-6-15/h2-8,10,13H,9,11-12H2,1H3,(H,21,26)(H,22,23). The third kappa shape index (κ3) is 3.54. The topological polar surface area (TPSA) is 87.3 Å². The number of amides is 2. The Morgan fingerprint density at radius 3 is 2.89 bits per heavy atom. The van der Waals surface area contributed by atoms with Crippen molar-refractivity contribution in [2.24, 2.45) is 5.92 Å². The summed E-state index contributed by atoms with van der Waals surface area (Å²) in [6.45, 7) is 0.787. The molecule has 2 heterocycles. The highest BCUT2D eigenvalue weighted by molar-refractivity contribution is 6.03. The number of methoxy groups -OCH3 is 1. The number of nitrogens with one attached hydrogen (secondary N) is 2. The lowest BCUT2D eigenvalue weighted by Gasteiger charge is -2.16. The van der Waals surface area contributed by atoms with Gasteiger partial charge < -0.3 is 19.9 Å². The van der Waals surface area contributed by atoms with Crippen molar-refractivity contribution in [3.05, 3.63) is 54.4 Å². The lowest BCUT2D eigenvalue weighted by Crippen LogP contribution is -2.28. The van der Waals surface area contributed by atoms with Gasteiger partial charge in [-0.15, -0.1) is 0 Å². The van der Waals surface area contributed by atoms with Crippen molar-refractivity contribution in [1.82, 2.24) is 9.97 Å². The quantitative estimate of drug-likeness (QED) is 0.729. The zero-order chi connectivity index (χ0) is 18.8. The van der Waals surface area contributed by atoms with Gasteiger partial charge in [0.05, 0.1) is 17.0 Å². The number of aromatic nitrogens is 2. The van der Waals surface area contributed by atoms with E-state index in [1.165, 1.54) is 0 Å². The first-order valence-corrected chi connectivity index (χ1v) is 8.78. The van der Waals surface area contributed by atoms with Crippen LogP contribution in [0.1, 0.15) is 12.2 Å². The molecule has 1 aromatic heterocycles. The number of ether oxygens (including phenoxy) is 1. The van der Waals surface area contributed by atoms with Crippen molar-refractivity contribution in [2.45, 2.75) is 13.0 Å². The van der Waals surface area contributed by atoms with Crippen molar-refractivity contribution < 1.29 is 14.3 Å². The predicted molar refractivity (Wildman–Crippen MR) is 102 cm³/mol. The Hall–Kier alpha value is -3.19. The highest BCUT2D eigenvalue weighted by Gasteiger charge is 2.35. The minimum absolute atomic E-state index is 0.0328. The molecular weight excluding hydrogens is 344 g/mol. The summed E-state index contributed by atoms with van der Waals surface area (Å²) in [5.74, 6) is 0.169. The van der Waals surface area contributed by atoms with Crippen molar-refractivity contribution in [3.63, 3.8) is 0 Å². The van der Waals surface area contributed by atoms with Gasteiger partial charge >= 0.3 is 0 Å². The molecule has 0 aliphatic carbocycles. The number of carbonyl (C=O) groups excluding carboxylic acids is 2. The van der Waals surface area contributed by atoms with Gasteiger partial charge in [0, 0.05) is 31.5 Å². The Morgan fingerprint density at radius 2 is 2.11 bits per heavy atom. The van der Waals surface area contributed by atoms with Crippen LogP contribution >= 0.6 is 0 Å². The Bertz CT molecular complexity index is 983. The number of para-hydroxylation sites is 1. The van der Waals surface area contributed by atoms with Crippen LogP contribution in [0.4, 0.5) is 11.4 Å². The monoisotopic (exact) mass is 364 g/mol. The second-order valence-corrected chi connectivity index (χ2v) is 6.58. The average molecular weight is 364 g/mol. The molecule has 2 N–H and O–H groups in total. The third-order valence-corrected chi connectivity index (χ3v) is 4.64. The summed E-state index contributed by atoms with van der Waals surface area (Å²) in [5, 5.41) is 2.91. The third-order valence-electron chi connectivity index (χ3n) is 4.64. The molecule has 1 unspecified atom stereocenters. The zero-order valence-electron chi connectivity index (χ0n) is 14.9. The SMILES string of the molecule is COCc1nc2ccc(NC(=O)C3CC(=O)N(c4ccccc4)C3)cc2[nH]1. The molecule has 1 fully saturated rings. The number of imidazole rings is 1. The summed E-state index contributed by atoms with van der Waals surface area (Å²) in [6, 6.07) is 14.9. The summed E-state index contributed by atoms with van der Waals surface area (Å²) in [5.41, 5.74) is 3.13. The molecular formula is C20H20N4O3. The molecule has 4 rings (SSSR count). The fraction of sp³-hybridized carbons (Fsp3) is 0.250. The molecule has 0 bridgehead atoms. The lowest BCUT2D eigenvalue weighted by atomic mass is 10.1. The summed E-state index contributed by atoms with van der Waals surface area (Å²) in [6.07, 6.45) is 0.213. The van der Waals surface area contributed by atoms with Gasteiger partial charge in [0.2, 0.25) is 11.8 Å². The number of H-pyrrole nitrogens is 1. The fourth-order valence-corrected chi connectivity index (χ4v) is 3.33. The molecule has 27 heavy (non-hydrogen) atoms. The van der Waals surface area contributed by atoms with Gasteiger partial charge in [-0.2, -0.15) is 0 Å². The second kappa shape index (κ2) is 7.20. The first-order chi connectivity index (χ1) is 13.1. The van der Waals surface area contributed by atoms with E-state index in [-0.39, 0.29) is 24.2 Å². The fourth-order valence-electron chi connectivity index (χ4n) is 3.33. The van der Waals surface area contributed by atoms with Crippen LogP contribution in [0.2, 0.25) is 0 Å². The van der Waals surface area contributed by atoms with Crippen LogP contribution < -0.4 is 10.2 Å². The maximum absolute atomic E-state index is 12.6. The summed E-state index contributed by atoms with van der Waals surface area (Å²) in [4.78, 5) is 34.2. The Balaban J connectivity index is 1.46. The molecule has 1 saturated heterocycles. The number of nitrogens with zero attached hydrogens (tertiary/aromatic N) is 2. The van der Waals surface area contributed by atoms with Crippen molar-refractivity contribution in [1.29, 1.82) is 0 Å². The van der Waals surface area contributed by atoms with E-state index in [1.54, 1.807) is 12.0 Å². The number of benzene rings is 2. The lowest BCUT2D eigenvalue weighted by molar-refractivity contribution is -0.122. The Morgan fingerprint density at radius 1 is 1.30 bits per heavy atom. The van der Waals surface area contributed by atoms with Crippen molar-refractivity contribution in [3.8, 4) is 0 Å². The molecule has 0 saturated carbocycles.